The zero-order valence-electron chi connectivity index (χ0n) is 29.0. The maximum absolute atomic E-state index is 14.2. The topological polar surface area (TPSA) is 201 Å². The van der Waals surface area contributed by atoms with Crippen molar-refractivity contribution in [3.63, 3.8) is 0 Å². The highest BCUT2D eigenvalue weighted by Gasteiger charge is 2.66. The molecule has 0 radical (unpaired) electrons. The van der Waals surface area contributed by atoms with E-state index in [0.717, 1.165) is 42.6 Å². The lowest BCUT2D eigenvalue weighted by Gasteiger charge is -2.28. The molecule has 0 bridgehead atoms. The summed E-state index contributed by atoms with van der Waals surface area (Å²) in [5, 5.41) is 19.5. The Kier molecular flexibility index (Phi) is 11.5. The second-order valence-corrected chi connectivity index (χ2v) is 13.3. The molecular weight excluding hydrogens is 714 g/mol. The number of carboxylic acids is 1. The van der Waals surface area contributed by atoms with Crippen LogP contribution in [0.25, 0.3) is 22.5 Å². The lowest BCUT2D eigenvalue weighted by Crippen LogP contribution is -2.48. The Morgan fingerprint density at radius 2 is 1.56 bits per heavy atom. The van der Waals surface area contributed by atoms with Gasteiger partial charge in [0.2, 0.25) is 23.6 Å². The van der Waals surface area contributed by atoms with Crippen molar-refractivity contribution < 1.29 is 41.8 Å². The fraction of sp³-hybridized carbons (Fsp3) is 0.417. The van der Waals surface area contributed by atoms with Gasteiger partial charge in [0.15, 0.2) is 5.82 Å². The number of H-pyrrole nitrogens is 1. The smallest absolute Gasteiger partial charge is 0.411 e. The molecule has 1 atom stereocenters. The highest BCUT2D eigenvalue weighted by atomic mass is 19.3. The van der Waals surface area contributed by atoms with Crippen LogP contribution in [0, 0.1) is 11.8 Å². The van der Waals surface area contributed by atoms with Crippen molar-refractivity contribution >= 4 is 29.4 Å². The summed E-state index contributed by atoms with van der Waals surface area (Å²) in [6.07, 6.45) is 6.63. The fourth-order valence-electron chi connectivity index (χ4n) is 6.37. The molecule has 18 heteroatoms. The van der Waals surface area contributed by atoms with Gasteiger partial charge in [0.05, 0.1) is 13.2 Å². The normalized spacial score (nSPS) is 18.5. The first-order valence-corrected chi connectivity index (χ1v) is 17.4. The van der Waals surface area contributed by atoms with Crippen LogP contribution in [0.5, 0.6) is 0 Å². The van der Waals surface area contributed by atoms with Gasteiger partial charge in [0.25, 0.3) is 0 Å². The third-order valence-corrected chi connectivity index (χ3v) is 9.70. The lowest BCUT2D eigenvalue weighted by atomic mass is 9.81. The van der Waals surface area contributed by atoms with Crippen molar-refractivity contribution in [3.05, 3.63) is 72.3 Å². The molecular formula is C36H39F4N9O5. The molecule has 54 heavy (non-hydrogen) atoms. The second-order valence-electron chi connectivity index (χ2n) is 13.3. The van der Waals surface area contributed by atoms with Crippen LogP contribution >= 0.6 is 0 Å². The number of aromatic nitrogens is 5. The van der Waals surface area contributed by atoms with Crippen molar-refractivity contribution in [2.24, 2.45) is 17.6 Å². The number of carbonyl (C=O) groups excluding carboxylic acids is 2. The van der Waals surface area contributed by atoms with Crippen LogP contribution in [0.4, 0.5) is 29.2 Å². The highest BCUT2D eigenvalue weighted by molar-refractivity contribution is 5.97. The highest BCUT2D eigenvalue weighted by Crippen LogP contribution is 2.42. The minimum Gasteiger partial charge on any atom is -0.477 e. The molecule has 286 valence electrons. The first-order valence-electron chi connectivity index (χ1n) is 17.4. The molecule has 2 amide bonds. The van der Waals surface area contributed by atoms with Crippen LogP contribution in [0.2, 0.25) is 0 Å². The van der Waals surface area contributed by atoms with Crippen molar-refractivity contribution in [3.8, 4) is 22.5 Å². The number of amides is 2. The van der Waals surface area contributed by atoms with E-state index in [0.29, 0.717) is 44.5 Å². The summed E-state index contributed by atoms with van der Waals surface area (Å²) < 4.78 is 61.1. The quantitative estimate of drug-likeness (QED) is 0.124. The first kappa shape index (κ1) is 38.2. The monoisotopic (exact) mass is 753 g/mol. The summed E-state index contributed by atoms with van der Waals surface area (Å²) in [5.74, 6) is -15.7. The molecule has 4 aromatic rings. The number of morpholine rings is 1. The van der Waals surface area contributed by atoms with E-state index < -0.39 is 35.6 Å². The van der Waals surface area contributed by atoms with E-state index in [-0.39, 0.29) is 35.3 Å². The van der Waals surface area contributed by atoms with Gasteiger partial charge >= 0.3 is 17.8 Å². The average Bonchev–Trinajstić information content (AvgIpc) is 3.70. The third kappa shape index (κ3) is 8.49. The van der Waals surface area contributed by atoms with Crippen LogP contribution in [-0.4, -0.2) is 92.9 Å². The zero-order chi connectivity index (χ0) is 38.5. The van der Waals surface area contributed by atoms with Gasteiger partial charge in [-0.2, -0.15) is 22.7 Å². The van der Waals surface area contributed by atoms with Crippen molar-refractivity contribution in [2.45, 2.75) is 50.0 Å². The van der Waals surface area contributed by atoms with Crippen molar-refractivity contribution in [1.29, 1.82) is 0 Å². The Balaban J connectivity index is 1.14. The molecule has 14 nitrogen and oxygen atoms in total. The Morgan fingerprint density at radius 3 is 2.17 bits per heavy atom. The maximum atomic E-state index is 14.2. The largest absolute Gasteiger partial charge is 0.477 e. The summed E-state index contributed by atoms with van der Waals surface area (Å²) in [7, 11) is 0. The molecule has 2 aromatic carbocycles. The number of anilines is 2. The first-order chi connectivity index (χ1) is 25.8. The van der Waals surface area contributed by atoms with E-state index in [1.165, 1.54) is 24.3 Å². The summed E-state index contributed by atoms with van der Waals surface area (Å²) in [5.41, 5.74) is 8.70. The van der Waals surface area contributed by atoms with E-state index in [1.54, 1.807) is 12.4 Å². The molecule has 6 N–H and O–H groups in total. The van der Waals surface area contributed by atoms with Crippen LogP contribution in [0.15, 0.2) is 60.9 Å². The van der Waals surface area contributed by atoms with Crippen molar-refractivity contribution in [1.82, 2.24) is 30.5 Å². The van der Waals surface area contributed by atoms with E-state index in [2.05, 4.69) is 40.7 Å². The van der Waals surface area contributed by atoms with Gasteiger partial charge in [-0.1, -0.05) is 24.3 Å². The molecule has 1 aliphatic heterocycles. The molecule has 2 aromatic heterocycles. The number of carboxylic acid groups (broad SMARTS) is 1. The Hall–Kier alpha value is -5.49. The summed E-state index contributed by atoms with van der Waals surface area (Å²) >= 11 is 0. The predicted octanol–water partition coefficient (Wildman–Crippen LogP) is 4.01. The average molecular weight is 754 g/mol. The number of nitrogens with zero attached hydrogens (tertiary/aromatic N) is 5. The van der Waals surface area contributed by atoms with Crippen LogP contribution in [0.1, 0.15) is 37.1 Å². The maximum Gasteiger partial charge on any atom is 0.411 e. The lowest BCUT2D eigenvalue weighted by molar-refractivity contribution is -0.231. The van der Waals surface area contributed by atoms with Gasteiger partial charge in [0.1, 0.15) is 6.04 Å². The molecule has 2 aliphatic rings. The number of carbonyl (C=O) groups is 3. The Bertz CT molecular complexity index is 1910. The van der Waals surface area contributed by atoms with Gasteiger partial charge in [-0.15, -0.1) is 0 Å². The number of aromatic amines is 1. The molecule has 6 rings (SSSR count). The van der Waals surface area contributed by atoms with Crippen LogP contribution < -0.4 is 21.3 Å². The minimum atomic E-state index is -5.44. The number of aliphatic carboxylic acids is 1. The van der Waals surface area contributed by atoms with Crippen molar-refractivity contribution in [2.75, 3.05) is 43.1 Å². The number of nitrogens with two attached hydrogens (primary N) is 1. The molecule has 3 heterocycles. The van der Waals surface area contributed by atoms with E-state index >= 15 is 0 Å². The zero-order valence-corrected chi connectivity index (χ0v) is 29.0. The van der Waals surface area contributed by atoms with E-state index in [1.807, 2.05) is 24.3 Å². The number of rotatable bonds is 13. The number of hydrogen-bond acceptors (Lipinski definition) is 10. The number of benzene rings is 2. The number of hydrogen-bond donors (Lipinski definition) is 5. The van der Waals surface area contributed by atoms with Gasteiger partial charge in [-0.05, 0) is 73.5 Å². The summed E-state index contributed by atoms with van der Waals surface area (Å²) in [6, 6.07) is 12.1. The molecule has 1 saturated heterocycles. The van der Waals surface area contributed by atoms with Gasteiger partial charge in [-0.3, -0.25) is 14.7 Å². The van der Waals surface area contributed by atoms with Crippen LogP contribution in [-0.2, 0) is 31.5 Å². The predicted molar refractivity (Wildman–Crippen MR) is 188 cm³/mol. The number of alkyl halides is 4. The number of nitrogens with one attached hydrogen (secondary N) is 3. The summed E-state index contributed by atoms with van der Waals surface area (Å²) in [4.78, 5) is 52.3. The molecule has 2 fully saturated rings. The standard InChI is InChI=1S/C36H39F4N9O5/c37-35(38,36(39,40)33(52)53)32-46-29(47-48-32)24-9-11-27(12-10-24)44-31(51)28(45-30(50)25-7-3-22(18-41)4-8-25)17-21-1-5-23(6-2-21)26-19-42-34(43-20-26)49-13-15-54-16-14-49/h1-2,5-6,9-12,19-20,22,25,28H,3-4,7-8,13-18,41H2,(H,44,51)(H,45,50)(H,52,53)(H,46,47,48)/t22-,25-,28-/m0/s1. The van der Waals surface area contributed by atoms with E-state index in [9.17, 15) is 31.9 Å². The molecule has 0 spiro atoms. The van der Waals surface area contributed by atoms with Gasteiger partial charge < -0.3 is 31.1 Å². The number of ether oxygens (including phenoxy) is 1. The third-order valence-electron chi connectivity index (χ3n) is 9.70. The minimum absolute atomic E-state index is 0.139. The van der Waals surface area contributed by atoms with Gasteiger partial charge in [-0.25, -0.2) is 19.7 Å². The SMILES string of the molecule is NC[C@H]1CC[C@H](C(=O)N[C@@H](Cc2ccc(-c3cnc(N4CCOCC4)nc3)cc2)C(=O)Nc2ccc(-c3nc(C(F)(F)C(F)(F)C(=O)O)n[nH]3)cc2)CC1. The molecule has 1 aliphatic carbocycles. The molecule has 0 unspecified atom stereocenters. The fourth-order valence-corrected chi connectivity index (χ4v) is 6.37. The van der Waals surface area contributed by atoms with E-state index in [4.69, 9.17) is 15.6 Å². The second kappa shape index (κ2) is 16.3. The number of halogens is 4. The molecule has 1 saturated carbocycles. The van der Waals surface area contributed by atoms with Gasteiger partial charge in [0, 0.05) is 54.6 Å². The van der Waals surface area contributed by atoms with Crippen LogP contribution in [0.3, 0.4) is 0 Å². The summed E-state index contributed by atoms with van der Waals surface area (Å²) in [6.45, 7) is 3.24. The Labute approximate surface area is 306 Å². The Morgan fingerprint density at radius 1 is 0.926 bits per heavy atom.